The van der Waals surface area contributed by atoms with Gasteiger partial charge in [-0.15, -0.1) is 0 Å². The largest absolute Gasteiger partial charge is 0.395 e. The fraction of sp³-hybridized carbons (Fsp3) is 0.286. The molecule has 1 aromatic heterocycles. The van der Waals surface area contributed by atoms with E-state index in [0.717, 1.165) is 6.07 Å². The van der Waals surface area contributed by atoms with E-state index in [0.29, 0.717) is 23.4 Å². The van der Waals surface area contributed by atoms with Crippen LogP contribution in [0.4, 0.5) is 14.5 Å². The second kappa shape index (κ2) is 5.90. The van der Waals surface area contributed by atoms with Gasteiger partial charge in [-0.2, -0.15) is 5.10 Å². The Kier molecular flexibility index (Phi) is 4.21. The van der Waals surface area contributed by atoms with Gasteiger partial charge in [0.2, 0.25) is 0 Å². The number of halogens is 2. The maximum Gasteiger partial charge on any atom is 0.271 e. The van der Waals surface area contributed by atoms with Gasteiger partial charge in [0, 0.05) is 19.7 Å². The number of benzene rings is 1. The molecule has 0 radical (unpaired) electrons. The molecule has 0 saturated carbocycles. The second-order valence-electron chi connectivity index (χ2n) is 4.75. The number of carbonyl (C=O) groups excluding carboxylic acids is 1. The van der Waals surface area contributed by atoms with Gasteiger partial charge in [0.25, 0.3) is 5.91 Å². The molecule has 112 valence electrons. The minimum Gasteiger partial charge on any atom is -0.395 e. The van der Waals surface area contributed by atoms with Crippen LogP contribution >= 0.6 is 0 Å². The van der Waals surface area contributed by atoms with E-state index in [2.05, 4.69) is 10.4 Å². The Morgan fingerprint density at radius 1 is 1.33 bits per heavy atom. The highest BCUT2D eigenvalue weighted by atomic mass is 19.1. The lowest BCUT2D eigenvalue weighted by molar-refractivity contribution is 0.0945. The highest BCUT2D eigenvalue weighted by Crippen LogP contribution is 2.15. The van der Waals surface area contributed by atoms with E-state index in [4.69, 9.17) is 5.73 Å². The molecular weight excluding hydrogens is 278 g/mol. The van der Waals surface area contributed by atoms with Crippen LogP contribution in [-0.4, -0.2) is 22.2 Å². The fourth-order valence-electron chi connectivity index (χ4n) is 2.10. The molecule has 1 heterocycles. The molecule has 0 aliphatic rings. The van der Waals surface area contributed by atoms with Gasteiger partial charge in [0.05, 0.1) is 11.4 Å². The smallest absolute Gasteiger partial charge is 0.271 e. The van der Waals surface area contributed by atoms with Crippen LogP contribution in [-0.2, 0) is 13.5 Å². The van der Waals surface area contributed by atoms with Crippen molar-refractivity contribution in [1.82, 2.24) is 15.1 Å². The standard InChI is InChI=1S/C14H16F2N4O/c1-8-12(17)13(20(2)19-8)14(21)18-4-3-9-5-10(15)7-11(16)6-9/h5-7H,3-4,17H2,1-2H3,(H,18,21). The second-order valence-corrected chi connectivity index (χ2v) is 4.75. The number of rotatable bonds is 4. The number of aromatic nitrogens is 2. The van der Waals surface area contributed by atoms with Crippen molar-refractivity contribution in [1.29, 1.82) is 0 Å². The molecule has 3 N–H and O–H groups in total. The molecule has 0 atom stereocenters. The Hall–Kier alpha value is -2.44. The van der Waals surface area contributed by atoms with E-state index in [1.165, 1.54) is 16.8 Å². The van der Waals surface area contributed by atoms with Gasteiger partial charge in [-0.1, -0.05) is 0 Å². The third kappa shape index (κ3) is 3.36. The van der Waals surface area contributed by atoms with Gasteiger partial charge >= 0.3 is 0 Å². The number of hydrogen-bond acceptors (Lipinski definition) is 3. The molecule has 1 amide bonds. The molecule has 5 nitrogen and oxygen atoms in total. The summed E-state index contributed by atoms with van der Waals surface area (Å²) in [5.74, 6) is -1.64. The highest BCUT2D eigenvalue weighted by Gasteiger charge is 2.17. The van der Waals surface area contributed by atoms with Crippen molar-refractivity contribution in [3.05, 3.63) is 46.8 Å². The third-order valence-electron chi connectivity index (χ3n) is 3.11. The van der Waals surface area contributed by atoms with E-state index in [1.54, 1.807) is 14.0 Å². The molecule has 1 aromatic carbocycles. The van der Waals surface area contributed by atoms with E-state index < -0.39 is 11.6 Å². The number of nitrogen functional groups attached to an aromatic ring is 1. The van der Waals surface area contributed by atoms with Crippen LogP contribution in [0.5, 0.6) is 0 Å². The Bertz CT molecular complexity index is 662. The van der Waals surface area contributed by atoms with Crippen LogP contribution in [0.15, 0.2) is 18.2 Å². The van der Waals surface area contributed by atoms with E-state index >= 15 is 0 Å². The predicted molar refractivity (Wildman–Crippen MR) is 74.8 cm³/mol. The molecule has 0 saturated heterocycles. The lowest BCUT2D eigenvalue weighted by Gasteiger charge is -2.07. The Morgan fingerprint density at radius 2 is 1.95 bits per heavy atom. The monoisotopic (exact) mass is 294 g/mol. The van der Waals surface area contributed by atoms with Crippen molar-refractivity contribution < 1.29 is 13.6 Å². The average molecular weight is 294 g/mol. The normalized spacial score (nSPS) is 10.7. The molecule has 0 fully saturated rings. The van der Waals surface area contributed by atoms with Gasteiger partial charge in [-0.05, 0) is 31.0 Å². The Labute approximate surface area is 120 Å². The number of aryl methyl sites for hydroxylation is 2. The lowest BCUT2D eigenvalue weighted by Crippen LogP contribution is -2.28. The van der Waals surface area contributed by atoms with Gasteiger partial charge < -0.3 is 11.1 Å². The molecule has 7 heteroatoms. The summed E-state index contributed by atoms with van der Waals surface area (Å²) in [5, 5.41) is 6.71. The number of amides is 1. The number of hydrogen-bond donors (Lipinski definition) is 2. The first-order valence-electron chi connectivity index (χ1n) is 6.40. The van der Waals surface area contributed by atoms with Crippen molar-refractivity contribution >= 4 is 11.6 Å². The summed E-state index contributed by atoms with van der Waals surface area (Å²) in [6.07, 6.45) is 0.317. The molecule has 0 bridgehead atoms. The van der Waals surface area contributed by atoms with Crippen LogP contribution in [0.2, 0.25) is 0 Å². The zero-order valence-electron chi connectivity index (χ0n) is 11.8. The maximum absolute atomic E-state index is 13.0. The summed E-state index contributed by atoms with van der Waals surface area (Å²) in [6, 6.07) is 3.27. The van der Waals surface area contributed by atoms with E-state index in [9.17, 15) is 13.6 Å². The summed E-state index contributed by atoms with van der Waals surface area (Å²) in [6.45, 7) is 1.95. The average Bonchev–Trinajstić information content (AvgIpc) is 2.62. The number of nitrogens with zero attached hydrogens (tertiary/aromatic N) is 2. The van der Waals surface area contributed by atoms with Crippen molar-refractivity contribution in [3.8, 4) is 0 Å². The first kappa shape index (κ1) is 15.0. The zero-order valence-corrected chi connectivity index (χ0v) is 11.8. The van der Waals surface area contributed by atoms with Gasteiger partial charge in [-0.3, -0.25) is 9.48 Å². The number of nitrogens with one attached hydrogen (secondary N) is 1. The van der Waals surface area contributed by atoms with Crippen molar-refractivity contribution in [2.24, 2.45) is 7.05 Å². The van der Waals surface area contributed by atoms with Crippen LogP contribution in [0.1, 0.15) is 21.7 Å². The molecule has 0 unspecified atom stereocenters. The molecular formula is C14H16F2N4O. The van der Waals surface area contributed by atoms with Crippen molar-refractivity contribution in [2.75, 3.05) is 12.3 Å². The Morgan fingerprint density at radius 3 is 2.48 bits per heavy atom. The highest BCUT2D eigenvalue weighted by molar-refractivity contribution is 5.97. The summed E-state index contributed by atoms with van der Waals surface area (Å²) in [5.41, 5.74) is 7.44. The third-order valence-corrected chi connectivity index (χ3v) is 3.11. The van der Waals surface area contributed by atoms with E-state index in [1.807, 2.05) is 0 Å². The van der Waals surface area contributed by atoms with Gasteiger partial charge in [-0.25, -0.2) is 8.78 Å². The molecule has 2 aromatic rings. The quantitative estimate of drug-likeness (QED) is 0.899. The van der Waals surface area contributed by atoms with Gasteiger partial charge in [0.15, 0.2) is 0 Å². The van der Waals surface area contributed by atoms with Crippen LogP contribution in [0, 0.1) is 18.6 Å². The van der Waals surface area contributed by atoms with Crippen molar-refractivity contribution in [2.45, 2.75) is 13.3 Å². The Balaban J connectivity index is 1.98. The van der Waals surface area contributed by atoms with Crippen molar-refractivity contribution in [3.63, 3.8) is 0 Å². The topological polar surface area (TPSA) is 72.9 Å². The summed E-state index contributed by atoms with van der Waals surface area (Å²) in [7, 11) is 1.63. The van der Waals surface area contributed by atoms with Gasteiger partial charge in [0.1, 0.15) is 17.3 Å². The molecule has 0 aliphatic heterocycles. The minimum absolute atomic E-state index is 0.241. The fourth-order valence-corrected chi connectivity index (χ4v) is 2.10. The van der Waals surface area contributed by atoms with Crippen LogP contribution in [0.3, 0.4) is 0 Å². The summed E-state index contributed by atoms with van der Waals surface area (Å²) in [4.78, 5) is 12.0. The summed E-state index contributed by atoms with van der Waals surface area (Å²) >= 11 is 0. The number of carbonyl (C=O) groups is 1. The lowest BCUT2D eigenvalue weighted by atomic mass is 10.1. The minimum atomic E-state index is -0.636. The van der Waals surface area contributed by atoms with Crippen LogP contribution < -0.4 is 11.1 Å². The SMILES string of the molecule is Cc1nn(C)c(C(=O)NCCc2cc(F)cc(F)c2)c1N. The number of anilines is 1. The van der Waals surface area contributed by atoms with Crippen LogP contribution in [0.25, 0.3) is 0 Å². The molecule has 2 rings (SSSR count). The summed E-state index contributed by atoms with van der Waals surface area (Å²) < 4.78 is 27.5. The predicted octanol–water partition coefficient (Wildman–Crippen LogP) is 1.56. The first-order chi connectivity index (χ1) is 9.88. The maximum atomic E-state index is 13.0. The molecule has 0 aliphatic carbocycles. The zero-order chi connectivity index (χ0) is 15.6. The first-order valence-corrected chi connectivity index (χ1v) is 6.40. The molecule has 21 heavy (non-hydrogen) atoms. The molecule has 0 spiro atoms. The van der Waals surface area contributed by atoms with E-state index in [-0.39, 0.29) is 18.1 Å². The number of nitrogens with two attached hydrogens (primary N) is 1.